The lowest BCUT2D eigenvalue weighted by atomic mass is 10.1. The maximum Gasteiger partial charge on any atom is 0.339 e. The zero-order chi connectivity index (χ0) is 21.2. The van der Waals surface area contributed by atoms with Gasteiger partial charge in [-0.3, -0.25) is 9.59 Å². The van der Waals surface area contributed by atoms with Crippen LogP contribution in [0.3, 0.4) is 0 Å². The van der Waals surface area contributed by atoms with Crippen LogP contribution in [-0.2, 0) is 14.3 Å². The van der Waals surface area contributed by atoms with Crippen LogP contribution in [0.5, 0.6) is 0 Å². The van der Waals surface area contributed by atoms with Crippen LogP contribution in [0.15, 0.2) is 47.4 Å². The van der Waals surface area contributed by atoms with E-state index < -0.39 is 30.0 Å². The van der Waals surface area contributed by atoms with Crippen LogP contribution in [0.1, 0.15) is 20.7 Å². The number of hydrogen-bond donors (Lipinski definition) is 1. The summed E-state index contributed by atoms with van der Waals surface area (Å²) in [6.07, 6.45) is 0. The van der Waals surface area contributed by atoms with Crippen molar-refractivity contribution in [3.8, 4) is 0 Å². The Morgan fingerprint density at radius 1 is 1.07 bits per heavy atom. The highest BCUT2D eigenvalue weighted by Crippen LogP contribution is 2.23. The second-order valence-electron chi connectivity index (χ2n) is 5.76. The molecule has 0 heterocycles. The average molecular weight is 423 g/mol. The van der Waals surface area contributed by atoms with E-state index in [2.05, 4.69) is 5.32 Å². The highest BCUT2D eigenvalue weighted by Gasteiger charge is 2.17. The summed E-state index contributed by atoms with van der Waals surface area (Å²) < 4.78 is 36.0. The van der Waals surface area contributed by atoms with Crippen LogP contribution >= 0.6 is 11.8 Å². The Morgan fingerprint density at radius 3 is 2.55 bits per heavy atom. The van der Waals surface area contributed by atoms with Crippen molar-refractivity contribution in [1.29, 1.82) is 0 Å². The number of thioether (sulfide) groups is 1. The number of hydrogen-bond acceptors (Lipinski definition) is 6. The molecule has 0 aliphatic heterocycles. The third-order valence-corrected chi connectivity index (χ3v) is 4.74. The molecule has 9 heteroatoms. The number of halogens is 2. The zero-order valence-electron chi connectivity index (χ0n) is 15.6. The fourth-order valence-electron chi connectivity index (χ4n) is 2.21. The first kappa shape index (κ1) is 22.5. The molecule has 0 radical (unpaired) electrons. The number of rotatable bonds is 10. The highest BCUT2D eigenvalue weighted by atomic mass is 32.2. The minimum absolute atomic E-state index is 0.0851. The molecule has 0 fully saturated rings. The topological polar surface area (TPSA) is 81.7 Å². The molecule has 0 bridgehead atoms. The van der Waals surface area contributed by atoms with Crippen molar-refractivity contribution in [2.45, 2.75) is 4.90 Å². The van der Waals surface area contributed by atoms with Crippen LogP contribution in [0.4, 0.5) is 8.78 Å². The van der Waals surface area contributed by atoms with E-state index in [1.807, 2.05) is 0 Å². The molecule has 0 atom stereocenters. The first-order valence-electron chi connectivity index (χ1n) is 8.55. The van der Waals surface area contributed by atoms with Crippen molar-refractivity contribution >= 4 is 29.4 Å². The molecule has 0 aliphatic rings. The molecule has 1 N–H and O–H groups in total. The lowest BCUT2D eigenvalue weighted by Gasteiger charge is -2.09. The molecule has 0 saturated heterocycles. The molecule has 0 aromatic heterocycles. The van der Waals surface area contributed by atoms with Gasteiger partial charge in [-0.05, 0) is 30.3 Å². The normalized spacial score (nSPS) is 10.4. The lowest BCUT2D eigenvalue weighted by Crippen LogP contribution is -2.28. The fourth-order valence-corrected chi connectivity index (χ4v) is 3.08. The van der Waals surface area contributed by atoms with E-state index >= 15 is 0 Å². The quantitative estimate of drug-likeness (QED) is 0.274. The van der Waals surface area contributed by atoms with E-state index in [9.17, 15) is 23.2 Å². The standard InChI is InChI=1S/C20H19F2NO5S/c1-27-9-8-23-19(25)12-29-18-5-3-2-4-14(18)20(26)28-11-17(24)13-6-7-15(21)16(22)10-13/h2-7,10H,8-9,11-12H2,1H3,(H,23,25). The number of ether oxygens (including phenoxy) is 2. The molecule has 0 unspecified atom stereocenters. The number of esters is 1. The van der Waals surface area contributed by atoms with Crippen molar-refractivity contribution in [2.75, 3.05) is 32.6 Å². The number of amides is 1. The number of carbonyl (C=O) groups is 3. The van der Waals surface area contributed by atoms with Crippen LogP contribution in [0, 0.1) is 11.6 Å². The fraction of sp³-hybridized carbons (Fsp3) is 0.250. The van der Waals surface area contributed by atoms with Gasteiger partial charge in [-0.1, -0.05) is 12.1 Å². The molecular weight excluding hydrogens is 404 g/mol. The Hall–Kier alpha value is -2.78. The van der Waals surface area contributed by atoms with Crippen molar-refractivity contribution in [3.05, 3.63) is 65.2 Å². The minimum atomic E-state index is -1.16. The number of Topliss-reactive ketones (excluding diaryl/α,β-unsaturated/α-hetero) is 1. The van der Waals surface area contributed by atoms with Gasteiger partial charge >= 0.3 is 5.97 Å². The van der Waals surface area contributed by atoms with Gasteiger partial charge < -0.3 is 14.8 Å². The van der Waals surface area contributed by atoms with Gasteiger partial charge in [-0.15, -0.1) is 11.8 Å². The molecule has 2 aromatic rings. The van der Waals surface area contributed by atoms with Crippen LogP contribution < -0.4 is 5.32 Å². The van der Waals surface area contributed by atoms with Crippen LogP contribution in [0.25, 0.3) is 0 Å². The van der Waals surface area contributed by atoms with Gasteiger partial charge in [0.1, 0.15) is 0 Å². The van der Waals surface area contributed by atoms with Gasteiger partial charge in [0.15, 0.2) is 24.0 Å². The van der Waals surface area contributed by atoms with Crippen molar-refractivity contribution in [2.24, 2.45) is 0 Å². The van der Waals surface area contributed by atoms with Crippen molar-refractivity contribution in [1.82, 2.24) is 5.32 Å². The summed E-state index contributed by atoms with van der Waals surface area (Å²) in [5, 5.41) is 2.67. The monoisotopic (exact) mass is 423 g/mol. The summed E-state index contributed by atoms with van der Waals surface area (Å²) in [5.41, 5.74) is 0.0902. The lowest BCUT2D eigenvalue weighted by molar-refractivity contribution is -0.118. The van der Waals surface area contributed by atoms with Crippen molar-refractivity contribution in [3.63, 3.8) is 0 Å². The molecular formula is C20H19F2NO5S. The third-order valence-electron chi connectivity index (χ3n) is 3.67. The Kier molecular flexibility index (Phi) is 8.75. The van der Waals surface area contributed by atoms with E-state index in [4.69, 9.17) is 9.47 Å². The van der Waals surface area contributed by atoms with Gasteiger partial charge in [-0.25, -0.2) is 13.6 Å². The predicted molar refractivity (Wildman–Crippen MR) is 103 cm³/mol. The SMILES string of the molecule is COCCNC(=O)CSc1ccccc1C(=O)OCC(=O)c1ccc(F)c(F)c1. The summed E-state index contributed by atoms with van der Waals surface area (Å²) in [6, 6.07) is 9.17. The number of benzene rings is 2. The number of ketones is 1. The first-order valence-corrected chi connectivity index (χ1v) is 9.53. The predicted octanol–water partition coefficient (Wildman–Crippen LogP) is 2.86. The Bertz CT molecular complexity index is 891. The van der Waals surface area contributed by atoms with Gasteiger partial charge in [0, 0.05) is 24.1 Å². The van der Waals surface area contributed by atoms with Crippen molar-refractivity contribution < 1.29 is 32.6 Å². The van der Waals surface area contributed by atoms with Gasteiger partial charge in [-0.2, -0.15) is 0 Å². The first-order chi connectivity index (χ1) is 13.9. The van der Waals surface area contributed by atoms with Gasteiger partial charge in [0.25, 0.3) is 0 Å². The summed E-state index contributed by atoms with van der Waals surface area (Å²) in [6.45, 7) is 0.150. The van der Waals surface area contributed by atoms with Gasteiger partial charge in [0.05, 0.1) is 17.9 Å². The second-order valence-corrected chi connectivity index (χ2v) is 6.77. The van der Waals surface area contributed by atoms with E-state index in [-0.39, 0.29) is 22.8 Å². The summed E-state index contributed by atoms with van der Waals surface area (Å²) in [4.78, 5) is 36.7. The number of methoxy groups -OCH3 is 1. The number of nitrogens with one attached hydrogen (secondary N) is 1. The molecule has 154 valence electrons. The van der Waals surface area contributed by atoms with Gasteiger partial charge in [0.2, 0.25) is 5.91 Å². The smallest absolute Gasteiger partial charge is 0.339 e. The molecule has 2 rings (SSSR count). The van der Waals surface area contributed by atoms with Crippen LogP contribution in [0.2, 0.25) is 0 Å². The molecule has 0 saturated carbocycles. The van der Waals surface area contributed by atoms with Crippen LogP contribution in [-0.4, -0.2) is 50.3 Å². The Balaban J connectivity index is 1.94. The molecule has 29 heavy (non-hydrogen) atoms. The van der Waals surface area contributed by atoms with E-state index in [0.717, 1.165) is 30.0 Å². The summed E-state index contributed by atoms with van der Waals surface area (Å²) >= 11 is 1.15. The maximum atomic E-state index is 13.2. The van der Waals surface area contributed by atoms with E-state index in [0.29, 0.717) is 18.0 Å². The molecule has 0 aliphatic carbocycles. The van der Waals surface area contributed by atoms with E-state index in [1.165, 1.54) is 13.2 Å². The Morgan fingerprint density at radius 2 is 1.83 bits per heavy atom. The molecule has 0 spiro atoms. The minimum Gasteiger partial charge on any atom is -0.454 e. The summed E-state index contributed by atoms with van der Waals surface area (Å²) in [7, 11) is 1.53. The maximum absolute atomic E-state index is 13.2. The molecule has 2 aromatic carbocycles. The largest absolute Gasteiger partial charge is 0.454 e. The molecule has 1 amide bonds. The number of carbonyl (C=O) groups excluding carboxylic acids is 3. The van der Waals surface area contributed by atoms with E-state index in [1.54, 1.807) is 18.2 Å². The zero-order valence-corrected chi connectivity index (χ0v) is 16.4. The third kappa shape index (κ3) is 6.95. The Labute approximate surface area is 170 Å². The average Bonchev–Trinajstić information content (AvgIpc) is 2.72. The second kappa shape index (κ2) is 11.3. The molecule has 6 nitrogen and oxygen atoms in total. The highest BCUT2D eigenvalue weighted by molar-refractivity contribution is 8.00. The summed E-state index contributed by atoms with van der Waals surface area (Å²) in [5.74, 6) is -3.79.